The van der Waals surface area contributed by atoms with E-state index in [1.807, 2.05) is 34.7 Å². The van der Waals surface area contributed by atoms with Crippen molar-refractivity contribution < 1.29 is 4.39 Å². The molecule has 1 aromatic rings. The minimum Gasteiger partial charge on any atom is -0.324 e. The highest BCUT2D eigenvalue weighted by Crippen LogP contribution is 2.33. The van der Waals surface area contributed by atoms with E-state index in [1.54, 1.807) is 0 Å². The monoisotopic (exact) mass is 277 g/mol. The number of halogens is 2. The standard InChI is InChI=1S/C9H9FIN/c10-9-6(11)3-1-5-2-4-7(12)8(5)9/h1,3,7H,2,4,12H2. The molecule has 12 heavy (non-hydrogen) atoms. The molecular formula is C9H9FIN. The van der Waals surface area contributed by atoms with Crippen LogP contribution in [0.15, 0.2) is 12.1 Å². The normalized spacial score (nSPS) is 21.1. The van der Waals surface area contributed by atoms with E-state index >= 15 is 0 Å². The zero-order chi connectivity index (χ0) is 8.72. The predicted molar refractivity (Wildman–Crippen MR) is 54.4 cm³/mol. The van der Waals surface area contributed by atoms with Crippen LogP contribution < -0.4 is 5.73 Å². The molecule has 0 saturated carbocycles. The van der Waals surface area contributed by atoms with Gasteiger partial charge in [0.25, 0.3) is 0 Å². The first-order chi connectivity index (χ1) is 5.70. The van der Waals surface area contributed by atoms with Crippen molar-refractivity contribution in [1.82, 2.24) is 0 Å². The third-order valence-electron chi connectivity index (χ3n) is 2.32. The van der Waals surface area contributed by atoms with Crippen LogP contribution in [-0.4, -0.2) is 0 Å². The quantitative estimate of drug-likeness (QED) is 0.724. The van der Waals surface area contributed by atoms with Crippen molar-refractivity contribution in [2.45, 2.75) is 18.9 Å². The smallest absolute Gasteiger partial charge is 0.141 e. The molecule has 0 fully saturated rings. The number of hydrogen-bond donors (Lipinski definition) is 1. The summed E-state index contributed by atoms with van der Waals surface area (Å²) in [6.07, 6.45) is 1.80. The van der Waals surface area contributed by atoms with Crippen LogP contribution in [0.5, 0.6) is 0 Å². The van der Waals surface area contributed by atoms with Gasteiger partial charge in [-0.3, -0.25) is 0 Å². The van der Waals surface area contributed by atoms with Gasteiger partial charge >= 0.3 is 0 Å². The number of aryl methyl sites for hydroxylation is 1. The van der Waals surface area contributed by atoms with E-state index in [4.69, 9.17) is 5.73 Å². The second kappa shape index (κ2) is 2.96. The molecule has 0 amide bonds. The molecule has 3 heteroatoms. The molecule has 1 aliphatic rings. The predicted octanol–water partition coefficient (Wildman–Crippen LogP) is 2.38. The molecular weight excluding hydrogens is 268 g/mol. The lowest BCUT2D eigenvalue weighted by atomic mass is 10.1. The zero-order valence-corrected chi connectivity index (χ0v) is 8.64. The van der Waals surface area contributed by atoms with E-state index in [0.29, 0.717) is 3.57 Å². The van der Waals surface area contributed by atoms with Gasteiger partial charge < -0.3 is 5.73 Å². The van der Waals surface area contributed by atoms with Gasteiger partial charge in [-0.15, -0.1) is 0 Å². The lowest BCUT2D eigenvalue weighted by molar-refractivity contribution is 0.582. The fraction of sp³-hybridized carbons (Fsp3) is 0.333. The largest absolute Gasteiger partial charge is 0.324 e. The van der Waals surface area contributed by atoms with Crippen LogP contribution in [0.4, 0.5) is 4.39 Å². The van der Waals surface area contributed by atoms with Gasteiger partial charge in [0.1, 0.15) is 5.82 Å². The van der Waals surface area contributed by atoms with Crippen molar-refractivity contribution >= 4 is 22.6 Å². The van der Waals surface area contributed by atoms with Gasteiger partial charge in [-0.1, -0.05) is 6.07 Å². The lowest BCUT2D eigenvalue weighted by Gasteiger charge is -2.06. The highest BCUT2D eigenvalue weighted by molar-refractivity contribution is 14.1. The highest BCUT2D eigenvalue weighted by atomic mass is 127. The first-order valence-corrected chi connectivity index (χ1v) is 5.00. The van der Waals surface area contributed by atoms with Crippen LogP contribution in [-0.2, 0) is 6.42 Å². The molecule has 1 aromatic carbocycles. The molecule has 2 rings (SSSR count). The Hall–Kier alpha value is -0.160. The minimum atomic E-state index is -0.113. The van der Waals surface area contributed by atoms with E-state index < -0.39 is 0 Å². The Labute approximate surface area is 84.3 Å². The van der Waals surface area contributed by atoms with E-state index in [9.17, 15) is 4.39 Å². The molecule has 1 atom stereocenters. The van der Waals surface area contributed by atoms with Crippen molar-refractivity contribution in [2.75, 3.05) is 0 Å². The summed E-state index contributed by atoms with van der Waals surface area (Å²) < 4.78 is 14.1. The average molecular weight is 277 g/mol. The molecule has 0 bridgehead atoms. The van der Waals surface area contributed by atoms with Gasteiger partial charge in [0.15, 0.2) is 0 Å². The van der Waals surface area contributed by atoms with Gasteiger partial charge in [-0.25, -0.2) is 4.39 Å². The van der Waals surface area contributed by atoms with Crippen LogP contribution in [0.2, 0.25) is 0 Å². The summed E-state index contributed by atoms with van der Waals surface area (Å²) in [5, 5.41) is 0. The Morgan fingerprint density at radius 3 is 3.00 bits per heavy atom. The van der Waals surface area contributed by atoms with Crippen molar-refractivity contribution in [1.29, 1.82) is 0 Å². The molecule has 0 saturated heterocycles. The number of nitrogens with two attached hydrogens (primary N) is 1. The molecule has 0 aliphatic heterocycles. The molecule has 1 nitrogen and oxygen atoms in total. The van der Waals surface area contributed by atoms with Gasteiger partial charge in [0.05, 0.1) is 0 Å². The fourth-order valence-electron chi connectivity index (χ4n) is 1.68. The molecule has 2 N–H and O–H groups in total. The number of benzene rings is 1. The Balaban J connectivity index is 2.63. The molecule has 0 spiro atoms. The Bertz CT molecular complexity index is 325. The number of hydrogen-bond acceptors (Lipinski definition) is 1. The molecule has 1 unspecified atom stereocenters. The summed E-state index contributed by atoms with van der Waals surface area (Å²) in [6, 6.07) is 3.70. The molecule has 64 valence electrons. The van der Waals surface area contributed by atoms with Crippen molar-refractivity contribution in [3.05, 3.63) is 32.6 Å². The van der Waals surface area contributed by atoms with Gasteiger partial charge in [-0.2, -0.15) is 0 Å². The molecule has 0 heterocycles. The Morgan fingerprint density at radius 2 is 2.25 bits per heavy atom. The maximum absolute atomic E-state index is 13.5. The van der Waals surface area contributed by atoms with E-state index in [-0.39, 0.29) is 11.9 Å². The first-order valence-electron chi connectivity index (χ1n) is 3.92. The molecule has 0 radical (unpaired) electrons. The van der Waals surface area contributed by atoms with Gasteiger partial charge in [0, 0.05) is 15.2 Å². The maximum Gasteiger partial charge on any atom is 0.141 e. The van der Waals surface area contributed by atoms with Gasteiger partial charge in [0.2, 0.25) is 0 Å². The van der Waals surface area contributed by atoms with Crippen molar-refractivity contribution in [2.24, 2.45) is 5.73 Å². The highest BCUT2D eigenvalue weighted by Gasteiger charge is 2.23. The number of fused-ring (bicyclic) bond motifs is 1. The zero-order valence-electron chi connectivity index (χ0n) is 6.48. The van der Waals surface area contributed by atoms with E-state index in [0.717, 1.165) is 24.0 Å². The van der Waals surface area contributed by atoms with E-state index in [1.165, 1.54) is 0 Å². The first kappa shape index (κ1) is 8.44. The van der Waals surface area contributed by atoms with Crippen molar-refractivity contribution in [3.63, 3.8) is 0 Å². The summed E-state index contributed by atoms with van der Waals surface area (Å²) in [6.45, 7) is 0. The second-order valence-electron chi connectivity index (χ2n) is 3.08. The summed E-state index contributed by atoms with van der Waals surface area (Å²) in [5.74, 6) is -0.113. The summed E-state index contributed by atoms with van der Waals surface area (Å²) in [4.78, 5) is 0. The SMILES string of the molecule is NC1CCc2ccc(I)c(F)c21. The van der Waals surface area contributed by atoms with Crippen LogP contribution in [0.3, 0.4) is 0 Å². The minimum absolute atomic E-state index is 0.0882. The Kier molecular flexibility index (Phi) is 2.08. The summed E-state index contributed by atoms with van der Waals surface area (Å²) in [7, 11) is 0. The molecule has 0 aromatic heterocycles. The van der Waals surface area contributed by atoms with Crippen LogP contribution in [0.1, 0.15) is 23.6 Å². The lowest BCUT2D eigenvalue weighted by Crippen LogP contribution is -2.08. The van der Waals surface area contributed by atoms with Crippen molar-refractivity contribution in [3.8, 4) is 0 Å². The molecule has 1 aliphatic carbocycles. The maximum atomic E-state index is 13.5. The van der Waals surface area contributed by atoms with Crippen LogP contribution in [0, 0.1) is 9.39 Å². The Morgan fingerprint density at radius 1 is 1.50 bits per heavy atom. The topological polar surface area (TPSA) is 26.0 Å². The number of rotatable bonds is 0. The summed E-state index contributed by atoms with van der Waals surface area (Å²) in [5.41, 5.74) is 7.59. The van der Waals surface area contributed by atoms with Crippen LogP contribution in [0.25, 0.3) is 0 Å². The van der Waals surface area contributed by atoms with E-state index in [2.05, 4.69) is 0 Å². The fourth-order valence-corrected chi connectivity index (χ4v) is 2.15. The third-order valence-corrected chi connectivity index (χ3v) is 3.15. The third kappa shape index (κ3) is 1.15. The second-order valence-corrected chi connectivity index (χ2v) is 4.24. The average Bonchev–Trinajstić information content (AvgIpc) is 2.41. The summed E-state index contributed by atoms with van der Waals surface area (Å²) >= 11 is 2.00. The van der Waals surface area contributed by atoms with Crippen LogP contribution >= 0.6 is 22.6 Å². The van der Waals surface area contributed by atoms with Gasteiger partial charge in [-0.05, 0) is 47.1 Å².